The van der Waals surface area contributed by atoms with Crippen molar-refractivity contribution in [1.29, 1.82) is 5.26 Å². The molecule has 0 bridgehead atoms. The fourth-order valence-corrected chi connectivity index (χ4v) is 5.48. The minimum atomic E-state index is -2.87. The summed E-state index contributed by atoms with van der Waals surface area (Å²) in [6.07, 6.45) is -0.371. The van der Waals surface area contributed by atoms with Crippen molar-refractivity contribution >= 4 is 23.3 Å². The Morgan fingerprint density at radius 2 is 1.90 bits per heavy atom. The first kappa shape index (κ1) is 28.1. The van der Waals surface area contributed by atoms with E-state index in [1.807, 2.05) is 6.07 Å². The number of halogens is 3. The van der Waals surface area contributed by atoms with Gasteiger partial charge in [0.25, 0.3) is 11.8 Å². The number of hydrogen-bond donors (Lipinski definition) is 2. The molecule has 2 aliphatic rings. The zero-order chi connectivity index (χ0) is 29.3. The number of anilines is 2. The second-order valence-electron chi connectivity index (χ2n) is 10.4. The summed E-state index contributed by atoms with van der Waals surface area (Å²) in [6, 6.07) is 14.0. The number of hydrogen-bond acceptors (Lipinski definition) is 6. The third kappa shape index (κ3) is 5.74. The van der Waals surface area contributed by atoms with Gasteiger partial charge >= 0.3 is 0 Å². The van der Waals surface area contributed by atoms with Crippen LogP contribution in [0, 0.1) is 24.1 Å². The number of aryl methyl sites for hydroxylation is 1. The first-order valence-corrected chi connectivity index (χ1v) is 13.2. The summed E-state index contributed by atoms with van der Waals surface area (Å²) in [5.41, 5.74) is 1.49. The number of aromatic nitrogens is 1. The van der Waals surface area contributed by atoms with Gasteiger partial charge in [0, 0.05) is 30.8 Å². The highest BCUT2D eigenvalue weighted by molar-refractivity contribution is 6.05. The predicted octanol–water partition coefficient (Wildman–Crippen LogP) is 4.38. The molecule has 8 nitrogen and oxygen atoms in total. The number of carbonyl (C=O) groups excluding carboxylic acids is 2. The van der Waals surface area contributed by atoms with Gasteiger partial charge in [0.05, 0.1) is 5.56 Å². The first-order valence-electron chi connectivity index (χ1n) is 13.2. The average molecular weight is 564 g/mol. The van der Waals surface area contributed by atoms with E-state index in [1.54, 1.807) is 31.2 Å². The van der Waals surface area contributed by atoms with E-state index < -0.39 is 60.7 Å². The van der Waals surface area contributed by atoms with Gasteiger partial charge < -0.3 is 15.3 Å². The normalized spacial score (nSPS) is 20.5. The van der Waals surface area contributed by atoms with Crippen LogP contribution in [-0.2, 0) is 9.59 Å². The van der Waals surface area contributed by atoms with E-state index in [4.69, 9.17) is 5.26 Å². The number of pyridine rings is 1. The molecule has 1 saturated carbocycles. The summed E-state index contributed by atoms with van der Waals surface area (Å²) >= 11 is 0. The Labute approximate surface area is 235 Å². The fraction of sp³-hybridized carbons (Fsp3) is 0.333. The number of alkyl halides is 2. The summed E-state index contributed by atoms with van der Waals surface area (Å²) in [7, 11) is 0. The van der Waals surface area contributed by atoms with Crippen molar-refractivity contribution in [1.82, 2.24) is 10.3 Å². The lowest BCUT2D eigenvalue weighted by Crippen LogP contribution is -2.56. The van der Waals surface area contributed by atoms with Crippen molar-refractivity contribution in [2.45, 2.75) is 62.9 Å². The molecule has 3 unspecified atom stereocenters. The molecule has 5 rings (SSSR count). The van der Waals surface area contributed by atoms with Gasteiger partial charge in [-0.2, -0.15) is 5.26 Å². The van der Waals surface area contributed by atoms with Crippen LogP contribution in [0.25, 0.3) is 0 Å². The molecule has 2 fully saturated rings. The molecule has 2 aromatic carbocycles. The molecule has 1 aliphatic heterocycles. The maximum absolute atomic E-state index is 14.5. The van der Waals surface area contributed by atoms with E-state index in [0.29, 0.717) is 16.7 Å². The molecule has 11 heteroatoms. The largest absolute Gasteiger partial charge is 0.374 e. The Morgan fingerprint density at radius 1 is 1.15 bits per heavy atom. The van der Waals surface area contributed by atoms with Gasteiger partial charge in [0.2, 0.25) is 5.91 Å². The summed E-state index contributed by atoms with van der Waals surface area (Å²) in [5, 5.41) is 22.6. The molecule has 0 radical (unpaired) electrons. The van der Waals surface area contributed by atoms with Crippen molar-refractivity contribution in [3.63, 3.8) is 0 Å². The van der Waals surface area contributed by atoms with Crippen LogP contribution in [0.4, 0.5) is 24.7 Å². The van der Waals surface area contributed by atoms with Crippen molar-refractivity contribution in [3.05, 3.63) is 89.4 Å². The number of nitrogens with zero attached hydrogens (tertiary/aromatic N) is 4. The zero-order valence-electron chi connectivity index (χ0n) is 22.2. The van der Waals surface area contributed by atoms with Crippen molar-refractivity contribution < 1.29 is 27.9 Å². The van der Waals surface area contributed by atoms with E-state index in [2.05, 4.69) is 10.3 Å². The van der Waals surface area contributed by atoms with Crippen LogP contribution in [0.5, 0.6) is 0 Å². The summed E-state index contributed by atoms with van der Waals surface area (Å²) in [4.78, 5) is 35.2. The van der Waals surface area contributed by atoms with E-state index in [-0.39, 0.29) is 24.3 Å². The average Bonchev–Trinajstić information content (AvgIpc) is 3.32. The monoisotopic (exact) mass is 563 g/mol. The maximum atomic E-state index is 14.5. The van der Waals surface area contributed by atoms with Crippen molar-refractivity contribution in [3.8, 4) is 6.07 Å². The quantitative estimate of drug-likeness (QED) is 0.442. The Balaban J connectivity index is 1.59. The number of carbonyl (C=O) groups is 2. The highest BCUT2D eigenvalue weighted by Crippen LogP contribution is 2.39. The molecule has 1 saturated heterocycles. The van der Waals surface area contributed by atoms with Crippen LogP contribution in [-0.4, -0.2) is 46.1 Å². The number of aliphatic hydroxyl groups excluding tert-OH is 1. The molecule has 41 heavy (non-hydrogen) atoms. The third-order valence-electron chi connectivity index (χ3n) is 7.53. The molecule has 3 atom stereocenters. The van der Waals surface area contributed by atoms with Gasteiger partial charge in [0.15, 0.2) is 0 Å². The standard InChI is InChI=1S/C30H28F3N5O3/c1-18-5-2-3-8-23(18)27(28(40)36-21-14-30(32,33)15-21)37(22-7-4-6-20(31)13-22)29(41)24-10-12-26(39)38(24)25-11-9-19(16-34)17-35-25/h2-9,11,13,17,21,24,26-27,39H,10,12,14-15H2,1H3,(H,36,40). The van der Waals surface area contributed by atoms with Crippen LogP contribution < -0.4 is 15.1 Å². The smallest absolute Gasteiger partial charge is 0.252 e. The molecule has 3 aromatic rings. The van der Waals surface area contributed by atoms with E-state index in [1.165, 1.54) is 46.3 Å². The van der Waals surface area contributed by atoms with Gasteiger partial charge in [0.1, 0.15) is 36.0 Å². The Hall–Kier alpha value is -4.43. The van der Waals surface area contributed by atoms with Crippen LogP contribution >= 0.6 is 0 Å². The van der Waals surface area contributed by atoms with Gasteiger partial charge in [-0.05, 0) is 61.2 Å². The van der Waals surface area contributed by atoms with E-state index >= 15 is 0 Å². The van der Waals surface area contributed by atoms with E-state index in [9.17, 15) is 27.9 Å². The van der Waals surface area contributed by atoms with Gasteiger partial charge in [-0.15, -0.1) is 0 Å². The lowest BCUT2D eigenvalue weighted by molar-refractivity contribution is -0.133. The number of aliphatic hydroxyl groups is 1. The van der Waals surface area contributed by atoms with Gasteiger partial charge in [-0.3, -0.25) is 14.5 Å². The zero-order valence-corrected chi connectivity index (χ0v) is 22.2. The highest BCUT2D eigenvalue weighted by Gasteiger charge is 2.48. The molecule has 2 amide bonds. The summed E-state index contributed by atoms with van der Waals surface area (Å²) in [6.45, 7) is 1.76. The molecular formula is C30H28F3N5O3. The predicted molar refractivity (Wildman–Crippen MR) is 144 cm³/mol. The lowest BCUT2D eigenvalue weighted by Gasteiger charge is -2.39. The molecule has 1 aliphatic carbocycles. The summed E-state index contributed by atoms with van der Waals surface area (Å²) < 4.78 is 41.8. The lowest BCUT2D eigenvalue weighted by atomic mass is 9.87. The van der Waals surface area contributed by atoms with E-state index in [0.717, 1.165) is 6.07 Å². The van der Waals surface area contributed by atoms with Crippen LogP contribution in [0.2, 0.25) is 0 Å². The fourth-order valence-electron chi connectivity index (χ4n) is 5.48. The molecule has 2 N–H and O–H groups in total. The number of benzene rings is 2. The van der Waals surface area contributed by atoms with Crippen LogP contribution in [0.15, 0.2) is 66.9 Å². The van der Waals surface area contributed by atoms with Gasteiger partial charge in [-0.1, -0.05) is 30.3 Å². The topological polar surface area (TPSA) is 110 Å². The number of nitriles is 1. The Kier molecular flexibility index (Phi) is 7.69. The minimum absolute atomic E-state index is 0.0893. The van der Waals surface area contributed by atoms with Crippen molar-refractivity contribution in [2.24, 2.45) is 0 Å². The molecular weight excluding hydrogens is 535 g/mol. The molecule has 212 valence electrons. The third-order valence-corrected chi connectivity index (χ3v) is 7.53. The minimum Gasteiger partial charge on any atom is -0.374 e. The Morgan fingerprint density at radius 3 is 2.54 bits per heavy atom. The molecule has 1 aromatic heterocycles. The SMILES string of the molecule is Cc1ccccc1C(C(=O)NC1CC(F)(F)C1)N(C(=O)C1CCC(O)N1c1ccc(C#N)cn1)c1cccc(F)c1. The second-order valence-corrected chi connectivity index (χ2v) is 10.4. The van der Waals surface area contributed by atoms with Gasteiger partial charge in [-0.25, -0.2) is 18.2 Å². The maximum Gasteiger partial charge on any atom is 0.252 e. The molecule has 2 heterocycles. The molecule has 0 spiro atoms. The Bertz CT molecular complexity index is 1490. The van der Waals surface area contributed by atoms with Crippen LogP contribution in [0.1, 0.15) is 48.4 Å². The number of nitrogens with one attached hydrogen (secondary N) is 1. The second kappa shape index (κ2) is 11.2. The van der Waals surface area contributed by atoms with Crippen molar-refractivity contribution in [2.75, 3.05) is 9.80 Å². The number of amides is 2. The van der Waals surface area contributed by atoms with Crippen LogP contribution in [0.3, 0.4) is 0 Å². The highest BCUT2D eigenvalue weighted by atomic mass is 19.3. The number of rotatable bonds is 7. The first-order chi connectivity index (χ1) is 19.6. The summed E-state index contributed by atoms with van der Waals surface area (Å²) in [5.74, 6) is -4.55.